The first kappa shape index (κ1) is 11.5. The molecular weight excluding hydrogens is 200 g/mol. The Morgan fingerprint density at radius 3 is 2.71 bits per heavy atom. The first-order chi connectivity index (χ1) is 6.37. The molecule has 5 heteroatoms. The molecule has 0 aromatic carbocycles. The SMILES string of the molecule is CC(C#N)CNC1(C)CCS(=O)(=O)C1. The van der Waals surface area contributed by atoms with Crippen LogP contribution in [0.1, 0.15) is 20.3 Å². The molecule has 1 heterocycles. The molecule has 80 valence electrons. The van der Waals surface area contributed by atoms with E-state index in [2.05, 4.69) is 11.4 Å². The van der Waals surface area contributed by atoms with Crippen LogP contribution < -0.4 is 5.32 Å². The van der Waals surface area contributed by atoms with Crippen LogP contribution in [0.25, 0.3) is 0 Å². The number of hydrogen-bond acceptors (Lipinski definition) is 4. The van der Waals surface area contributed by atoms with Crippen molar-refractivity contribution >= 4 is 9.84 Å². The van der Waals surface area contributed by atoms with Gasteiger partial charge < -0.3 is 5.32 Å². The Balaban J connectivity index is 2.50. The third-order valence-electron chi connectivity index (χ3n) is 2.56. The van der Waals surface area contributed by atoms with Gasteiger partial charge in [-0.3, -0.25) is 0 Å². The number of nitrogens with zero attached hydrogens (tertiary/aromatic N) is 1. The standard InChI is InChI=1S/C9H16N2O2S/c1-8(5-10)6-11-9(2)3-4-14(12,13)7-9/h8,11H,3-4,6-7H2,1-2H3. The van der Waals surface area contributed by atoms with Gasteiger partial charge in [0.25, 0.3) is 0 Å². The lowest BCUT2D eigenvalue weighted by molar-refractivity contribution is 0.382. The van der Waals surface area contributed by atoms with E-state index in [1.807, 2.05) is 13.8 Å². The van der Waals surface area contributed by atoms with Crippen LogP contribution in [0.2, 0.25) is 0 Å². The smallest absolute Gasteiger partial charge is 0.152 e. The summed E-state index contributed by atoms with van der Waals surface area (Å²) in [6.07, 6.45) is 0.646. The van der Waals surface area contributed by atoms with E-state index in [9.17, 15) is 8.42 Å². The lowest BCUT2D eigenvalue weighted by Gasteiger charge is -2.24. The van der Waals surface area contributed by atoms with Crippen molar-refractivity contribution in [2.24, 2.45) is 5.92 Å². The first-order valence-corrected chi connectivity index (χ1v) is 6.54. The van der Waals surface area contributed by atoms with Gasteiger partial charge in [-0.2, -0.15) is 5.26 Å². The van der Waals surface area contributed by atoms with E-state index >= 15 is 0 Å². The largest absolute Gasteiger partial charge is 0.309 e. The van der Waals surface area contributed by atoms with Crippen molar-refractivity contribution in [3.05, 3.63) is 0 Å². The minimum absolute atomic E-state index is 0.0740. The van der Waals surface area contributed by atoms with Gasteiger partial charge in [0, 0.05) is 12.1 Å². The third-order valence-corrected chi connectivity index (χ3v) is 4.46. The highest BCUT2D eigenvalue weighted by Gasteiger charge is 2.37. The van der Waals surface area contributed by atoms with Gasteiger partial charge in [0.05, 0.1) is 23.5 Å². The van der Waals surface area contributed by atoms with Crippen LogP contribution in [0.4, 0.5) is 0 Å². The van der Waals surface area contributed by atoms with Crippen molar-refractivity contribution in [2.45, 2.75) is 25.8 Å². The number of sulfone groups is 1. The Hall–Kier alpha value is -0.600. The van der Waals surface area contributed by atoms with Crippen LogP contribution in [0.3, 0.4) is 0 Å². The van der Waals surface area contributed by atoms with Crippen LogP contribution >= 0.6 is 0 Å². The Kier molecular flexibility index (Phi) is 3.17. The van der Waals surface area contributed by atoms with Crippen molar-refractivity contribution in [1.82, 2.24) is 5.32 Å². The molecule has 1 N–H and O–H groups in total. The topological polar surface area (TPSA) is 70.0 Å². The van der Waals surface area contributed by atoms with Crippen LogP contribution in [-0.2, 0) is 9.84 Å². The fourth-order valence-corrected chi connectivity index (χ4v) is 3.72. The first-order valence-electron chi connectivity index (χ1n) is 4.72. The molecule has 1 aliphatic heterocycles. The molecule has 2 unspecified atom stereocenters. The van der Waals surface area contributed by atoms with Gasteiger partial charge in [0.2, 0.25) is 0 Å². The van der Waals surface area contributed by atoms with E-state index in [0.29, 0.717) is 13.0 Å². The maximum atomic E-state index is 11.3. The van der Waals surface area contributed by atoms with Gasteiger partial charge in [0.1, 0.15) is 0 Å². The van der Waals surface area contributed by atoms with Crippen LogP contribution in [0, 0.1) is 17.2 Å². The quantitative estimate of drug-likeness (QED) is 0.737. The summed E-state index contributed by atoms with van der Waals surface area (Å²) in [5, 5.41) is 11.7. The predicted octanol–water partition coefficient (Wildman–Crippen LogP) is 0.313. The molecule has 1 fully saturated rings. The molecule has 2 atom stereocenters. The van der Waals surface area contributed by atoms with Crippen molar-refractivity contribution in [3.8, 4) is 6.07 Å². The number of rotatable bonds is 3. The Labute approximate surface area is 85.2 Å². The molecule has 0 aromatic rings. The minimum Gasteiger partial charge on any atom is -0.309 e. The van der Waals surface area contributed by atoms with E-state index in [4.69, 9.17) is 5.26 Å². The Morgan fingerprint density at radius 1 is 1.64 bits per heavy atom. The molecule has 0 saturated carbocycles. The average Bonchev–Trinajstić information content (AvgIpc) is 2.37. The zero-order valence-corrected chi connectivity index (χ0v) is 9.39. The fourth-order valence-electron chi connectivity index (χ4n) is 1.60. The highest BCUT2D eigenvalue weighted by Crippen LogP contribution is 2.22. The van der Waals surface area contributed by atoms with Crippen molar-refractivity contribution in [2.75, 3.05) is 18.1 Å². The molecule has 14 heavy (non-hydrogen) atoms. The van der Waals surface area contributed by atoms with E-state index < -0.39 is 9.84 Å². The number of nitriles is 1. The normalized spacial score (nSPS) is 32.4. The molecule has 0 bridgehead atoms. The maximum absolute atomic E-state index is 11.3. The Bertz CT molecular complexity index is 344. The summed E-state index contributed by atoms with van der Waals surface area (Å²) in [5.41, 5.74) is -0.329. The van der Waals surface area contributed by atoms with Crippen LogP contribution in [0.15, 0.2) is 0 Å². The summed E-state index contributed by atoms with van der Waals surface area (Å²) < 4.78 is 22.5. The van der Waals surface area contributed by atoms with Gasteiger partial charge in [-0.15, -0.1) is 0 Å². The van der Waals surface area contributed by atoms with Gasteiger partial charge in [0.15, 0.2) is 9.84 Å². The molecule has 1 aliphatic rings. The van der Waals surface area contributed by atoms with E-state index in [1.54, 1.807) is 0 Å². The molecule has 1 rings (SSSR count). The van der Waals surface area contributed by atoms with Gasteiger partial charge in [-0.1, -0.05) is 0 Å². The second-order valence-electron chi connectivity index (χ2n) is 4.31. The van der Waals surface area contributed by atoms with Gasteiger partial charge in [-0.05, 0) is 20.3 Å². The maximum Gasteiger partial charge on any atom is 0.152 e. The van der Waals surface area contributed by atoms with Crippen LogP contribution in [0.5, 0.6) is 0 Å². The summed E-state index contributed by atoms with van der Waals surface area (Å²) in [6, 6.07) is 2.11. The van der Waals surface area contributed by atoms with E-state index in [-0.39, 0.29) is 23.0 Å². The molecular formula is C9H16N2O2S. The third kappa shape index (κ3) is 2.96. The second-order valence-corrected chi connectivity index (χ2v) is 6.50. The van der Waals surface area contributed by atoms with E-state index in [0.717, 1.165) is 0 Å². The molecule has 0 aliphatic carbocycles. The van der Waals surface area contributed by atoms with E-state index in [1.165, 1.54) is 0 Å². The van der Waals surface area contributed by atoms with Gasteiger partial charge in [-0.25, -0.2) is 8.42 Å². The number of hydrogen-bond donors (Lipinski definition) is 1. The van der Waals surface area contributed by atoms with Crippen molar-refractivity contribution in [1.29, 1.82) is 5.26 Å². The molecule has 1 saturated heterocycles. The summed E-state index contributed by atoms with van der Waals surface area (Å²) in [7, 11) is -2.85. The summed E-state index contributed by atoms with van der Waals surface area (Å²) in [5.74, 6) is 0.380. The van der Waals surface area contributed by atoms with Crippen LogP contribution in [-0.4, -0.2) is 32.0 Å². The summed E-state index contributed by atoms with van der Waals surface area (Å²) in [4.78, 5) is 0. The second kappa shape index (κ2) is 3.87. The lowest BCUT2D eigenvalue weighted by Crippen LogP contribution is -2.45. The van der Waals surface area contributed by atoms with Crippen molar-refractivity contribution < 1.29 is 8.42 Å². The molecule has 4 nitrogen and oxygen atoms in total. The monoisotopic (exact) mass is 216 g/mol. The predicted molar refractivity (Wildman–Crippen MR) is 54.5 cm³/mol. The highest BCUT2D eigenvalue weighted by molar-refractivity contribution is 7.91. The fraction of sp³-hybridized carbons (Fsp3) is 0.889. The zero-order valence-electron chi connectivity index (χ0n) is 8.58. The zero-order chi connectivity index (χ0) is 10.8. The van der Waals surface area contributed by atoms with Gasteiger partial charge >= 0.3 is 0 Å². The Morgan fingerprint density at radius 2 is 2.29 bits per heavy atom. The molecule has 0 radical (unpaired) electrons. The number of nitrogens with one attached hydrogen (secondary N) is 1. The molecule has 0 spiro atoms. The lowest BCUT2D eigenvalue weighted by atomic mass is 10.0. The molecule has 0 amide bonds. The van der Waals surface area contributed by atoms with Crippen molar-refractivity contribution in [3.63, 3.8) is 0 Å². The summed E-state index contributed by atoms with van der Waals surface area (Å²) in [6.45, 7) is 4.28. The summed E-state index contributed by atoms with van der Waals surface area (Å²) >= 11 is 0. The average molecular weight is 216 g/mol. The highest BCUT2D eigenvalue weighted by atomic mass is 32.2. The molecule has 0 aromatic heterocycles. The minimum atomic E-state index is -2.85.